The van der Waals surface area contributed by atoms with Gasteiger partial charge in [0.1, 0.15) is 15.8 Å². The summed E-state index contributed by atoms with van der Waals surface area (Å²) in [5.74, 6) is 0.567. The second-order valence-electron chi connectivity index (χ2n) is 4.93. The Balaban J connectivity index is 2.01. The van der Waals surface area contributed by atoms with Gasteiger partial charge in [0.25, 0.3) is 0 Å². The lowest BCUT2D eigenvalue weighted by Gasteiger charge is -2.19. The molecule has 0 saturated carbocycles. The number of aryl methyl sites for hydroxylation is 1. The lowest BCUT2D eigenvalue weighted by atomic mass is 10.3. The van der Waals surface area contributed by atoms with Crippen LogP contribution in [0.25, 0.3) is 10.6 Å². The number of nitrogens with one attached hydrogen (secondary N) is 1. The van der Waals surface area contributed by atoms with E-state index >= 15 is 0 Å². The molecule has 0 amide bonds. The van der Waals surface area contributed by atoms with Crippen LogP contribution in [0, 0.1) is 6.92 Å². The molecule has 0 aromatic carbocycles. The molecule has 5 nitrogen and oxygen atoms in total. The number of nitrogens with zero attached hydrogens (tertiary/aromatic N) is 3. The molecule has 7 heteroatoms. The lowest BCUT2D eigenvalue weighted by Crippen LogP contribution is -2.29. The molecule has 0 radical (unpaired) electrons. The van der Waals surface area contributed by atoms with E-state index in [0.29, 0.717) is 5.82 Å². The highest BCUT2D eigenvalue weighted by Gasteiger charge is 2.16. The van der Waals surface area contributed by atoms with Gasteiger partial charge in [-0.1, -0.05) is 13.8 Å². The Morgan fingerprint density at radius 3 is 2.76 bits per heavy atom. The molecule has 0 bridgehead atoms. The van der Waals surface area contributed by atoms with E-state index in [4.69, 9.17) is 5.73 Å². The normalized spacial score (nSPS) is 11.2. The summed E-state index contributed by atoms with van der Waals surface area (Å²) >= 11 is 3.03. The van der Waals surface area contributed by atoms with Crippen LogP contribution < -0.4 is 11.1 Å². The Labute approximate surface area is 134 Å². The van der Waals surface area contributed by atoms with Crippen LogP contribution in [0.2, 0.25) is 0 Å². The van der Waals surface area contributed by atoms with Gasteiger partial charge in [-0.2, -0.15) is 4.37 Å². The molecule has 2 heterocycles. The molecule has 0 spiro atoms. The highest BCUT2D eigenvalue weighted by Crippen LogP contribution is 2.38. The van der Waals surface area contributed by atoms with Crippen LogP contribution in [0.1, 0.15) is 26.0 Å². The minimum atomic E-state index is 0.567. The van der Waals surface area contributed by atoms with Crippen molar-refractivity contribution in [3.05, 3.63) is 11.1 Å². The summed E-state index contributed by atoms with van der Waals surface area (Å²) in [6, 6.07) is 0. The van der Waals surface area contributed by atoms with Crippen LogP contribution in [-0.4, -0.2) is 40.4 Å². The molecular weight excluding hydrogens is 302 g/mol. The third-order valence-corrected chi connectivity index (χ3v) is 5.05. The van der Waals surface area contributed by atoms with Gasteiger partial charge in [-0.3, -0.25) is 0 Å². The van der Waals surface area contributed by atoms with Crippen LogP contribution in [0.4, 0.5) is 10.8 Å². The SMILES string of the molecule is CCCN(CC)CCNc1snc(N)c1-c1nc(C)cs1. The van der Waals surface area contributed by atoms with Gasteiger partial charge in [-0.15, -0.1) is 11.3 Å². The molecule has 0 atom stereocenters. The number of aromatic nitrogens is 2. The zero-order chi connectivity index (χ0) is 15.2. The molecule has 3 N–H and O–H groups in total. The number of rotatable bonds is 8. The molecule has 0 aliphatic rings. The largest absolute Gasteiger partial charge is 0.382 e. The summed E-state index contributed by atoms with van der Waals surface area (Å²) in [6.07, 6.45) is 1.19. The van der Waals surface area contributed by atoms with Crippen molar-refractivity contribution in [2.24, 2.45) is 0 Å². The number of anilines is 2. The maximum absolute atomic E-state index is 6.00. The molecule has 116 valence electrons. The fourth-order valence-electron chi connectivity index (χ4n) is 2.17. The monoisotopic (exact) mass is 325 g/mol. The summed E-state index contributed by atoms with van der Waals surface area (Å²) in [4.78, 5) is 6.95. The summed E-state index contributed by atoms with van der Waals surface area (Å²) in [5.41, 5.74) is 7.98. The van der Waals surface area contributed by atoms with E-state index in [1.807, 2.05) is 12.3 Å². The summed E-state index contributed by atoms with van der Waals surface area (Å²) in [5, 5.41) is 7.47. The van der Waals surface area contributed by atoms with Gasteiger partial charge in [0, 0.05) is 24.2 Å². The number of likely N-dealkylation sites (N-methyl/N-ethyl adjacent to an activating group) is 1. The van der Waals surface area contributed by atoms with Gasteiger partial charge >= 0.3 is 0 Å². The zero-order valence-electron chi connectivity index (χ0n) is 12.8. The van der Waals surface area contributed by atoms with Crippen LogP contribution in [0.3, 0.4) is 0 Å². The first-order valence-corrected chi connectivity index (χ1v) is 8.94. The molecule has 0 aliphatic heterocycles. The Kier molecular flexibility index (Phi) is 5.96. The molecule has 0 aliphatic carbocycles. The zero-order valence-corrected chi connectivity index (χ0v) is 14.5. The van der Waals surface area contributed by atoms with Crippen molar-refractivity contribution in [2.45, 2.75) is 27.2 Å². The fourth-order valence-corrected chi connectivity index (χ4v) is 3.83. The average Bonchev–Trinajstić information content (AvgIpc) is 3.04. The van der Waals surface area contributed by atoms with Gasteiger partial charge in [0.15, 0.2) is 0 Å². The van der Waals surface area contributed by atoms with Crippen LogP contribution >= 0.6 is 22.9 Å². The number of thiazole rings is 1. The summed E-state index contributed by atoms with van der Waals surface area (Å²) in [7, 11) is 0. The van der Waals surface area contributed by atoms with E-state index in [9.17, 15) is 0 Å². The summed E-state index contributed by atoms with van der Waals surface area (Å²) < 4.78 is 4.27. The molecule has 0 fully saturated rings. The van der Waals surface area contributed by atoms with Gasteiger partial charge in [0.2, 0.25) is 0 Å². The molecule has 21 heavy (non-hydrogen) atoms. The van der Waals surface area contributed by atoms with Crippen molar-refractivity contribution in [3.8, 4) is 10.6 Å². The molecule has 0 unspecified atom stereocenters. The minimum Gasteiger partial charge on any atom is -0.382 e. The first kappa shape index (κ1) is 16.2. The molecule has 2 aromatic rings. The van der Waals surface area contributed by atoms with Crippen LogP contribution in [-0.2, 0) is 0 Å². The van der Waals surface area contributed by atoms with Gasteiger partial charge < -0.3 is 16.0 Å². The van der Waals surface area contributed by atoms with E-state index < -0.39 is 0 Å². The first-order valence-electron chi connectivity index (χ1n) is 7.29. The quantitative estimate of drug-likeness (QED) is 0.779. The fraction of sp³-hybridized carbons (Fsp3) is 0.571. The number of hydrogen-bond acceptors (Lipinski definition) is 7. The lowest BCUT2D eigenvalue weighted by molar-refractivity contribution is 0.300. The number of nitrogens with two attached hydrogens (primary N) is 1. The molecule has 0 saturated heterocycles. The van der Waals surface area contributed by atoms with Crippen molar-refractivity contribution in [2.75, 3.05) is 37.2 Å². The predicted octanol–water partition coefficient (Wildman–Crippen LogP) is 3.30. The van der Waals surface area contributed by atoms with Crippen molar-refractivity contribution < 1.29 is 0 Å². The highest BCUT2D eigenvalue weighted by molar-refractivity contribution is 7.15. The maximum atomic E-state index is 6.00. The summed E-state index contributed by atoms with van der Waals surface area (Å²) in [6.45, 7) is 10.5. The van der Waals surface area contributed by atoms with Crippen molar-refractivity contribution in [3.63, 3.8) is 0 Å². The Morgan fingerprint density at radius 1 is 1.33 bits per heavy atom. The standard InChI is InChI=1S/C14H23N5S2/c1-4-7-19(5-2)8-6-16-13-11(12(15)18-21-13)14-17-10(3)9-20-14/h9,16H,4-8H2,1-3H3,(H2,15,18). The third-order valence-electron chi connectivity index (χ3n) is 3.25. The van der Waals surface area contributed by atoms with Crippen LogP contribution in [0.15, 0.2) is 5.38 Å². The Hall–Kier alpha value is -1.18. The Morgan fingerprint density at radius 2 is 2.14 bits per heavy atom. The highest BCUT2D eigenvalue weighted by atomic mass is 32.1. The van der Waals surface area contributed by atoms with E-state index in [0.717, 1.165) is 47.4 Å². The molecule has 2 rings (SSSR count). The second kappa shape index (κ2) is 7.72. The van der Waals surface area contributed by atoms with E-state index in [1.54, 1.807) is 11.3 Å². The number of hydrogen-bond donors (Lipinski definition) is 2. The van der Waals surface area contributed by atoms with Gasteiger partial charge in [-0.05, 0) is 38.0 Å². The topological polar surface area (TPSA) is 67.1 Å². The van der Waals surface area contributed by atoms with E-state index in [-0.39, 0.29) is 0 Å². The number of nitrogen functional groups attached to an aromatic ring is 1. The first-order chi connectivity index (χ1) is 10.2. The molecular formula is C14H23N5S2. The van der Waals surface area contributed by atoms with E-state index in [2.05, 4.69) is 33.4 Å². The van der Waals surface area contributed by atoms with Crippen molar-refractivity contribution in [1.29, 1.82) is 0 Å². The second-order valence-corrected chi connectivity index (χ2v) is 6.56. The van der Waals surface area contributed by atoms with Gasteiger partial charge in [0.05, 0.1) is 5.56 Å². The van der Waals surface area contributed by atoms with Gasteiger partial charge in [-0.25, -0.2) is 4.98 Å². The third kappa shape index (κ3) is 4.15. The Bertz CT molecular complexity index is 563. The minimum absolute atomic E-state index is 0.567. The van der Waals surface area contributed by atoms with E-state index in [1.165, 1.54) is 18.0 Å². The average molecular weight is 326 g/mol. The van der Waals surface area contributed by atoms with Crippen LogP contribution in [0.5, 0.6) is 0 Å². The van der Waals surface area contributed by atoms with Crippen molar-refractivity contribution in [1.82, 2.24) is 14.3 Å². The smallest absolute Gasteiger partial charge is 0.149 e. The maximum Gasteiger partial charge on any atom is 0.149 e. The predicted molar refractivity (Wildman–Crippen MR) is 93.3 cm³/mol. The molecule has 2 aromatic heterocycles. The van der Waals surface area contributed by atoms with Crippen molar-refractivity contribution >= 4 is 33.7 Å².